The van der Waals surface area contributed by atoms with Gasteiger partial charge in [0.25, 0.3) is 0 Å². The van der Waals surface area contributed by atoms with Gasteiger partial charge in [-0.25, -0.2) is 13.1 Å². The largest absolute Gasteiger partial charge is 0.398 e. The molecule has 0 saturated heterocycles. The first-order valence-electron chi connectivity index (χ1n) is 5.50. The highest BCUT2D eigenvalue weighted by Gasteiger charge is 2.13. The van der Waals surface area contributed by atoms with Gasteiger partial charge in [0, 0.05) is 12.2 Å². The van der Waals surface area contributed by atoms with Gasteiger partial charge in [0.05, 0.1) is 4.90 Å². The molecule has 0 unspecified atom stereocenters. The van der Waals surface area contributed by atoms with Crippen LogP contribution in [0.25, 0.3) is 0 Å². The molecule has 3 N–H and O–H groups in total. The van der Waals surface area contributed by atoms with Crippen molar-refractivity contribution in [3.63, 3.8) is 0 Å². The van der Waals surface area contributed by atoms with Crippen LogP contribution in [-0.4, -0.2) is 15.0 Å². The van der Waals surface area contributed by atoms with Crippen LogP contribution >= 0.6 is 0 Å². The van der Waals surface area contributed by atoms with Crippen LogP contribution in [0.2, 0.25) is 0 Å². The minimum atomic E-state index is -3.46. The predicted molar refractivity (Wildman–Crippen MR) is 70.2 cm³/mol. The summed E-state index contributed by atoms with van der Waals surface area (Å²) in [4.78, 5) is 0.205. The number of aryl methyl sites for hydroxylation is 1. The van der Waals surface area contributed by atoms with Gasteiger partial charge in [0.1, 0.15) is 0 Å². The summed E-state index contributed by atoms with van der Waals surface area (Å²) >= 11 is 0. The fourth-order valence-corrected chi connectivity index (χ4v) is 2.52. The van der Waals surface area contributed by atoms with Gasteiger partial charge < -0.3 is 5.73 Å². The Kier molecular flexibility index (Phi) is 4.72. The highest BCUT2D eigenvalue weighted by Crippen LogP contribution is 2.18. The van der Waals surface area contributed by atoms with Crippen molar-refractivity contribution in [1.29, 1.82) is 0 Å². The molecule has 0 amide bonds. The van der Waals surface area contributed by atoms with Crippen LogP contribution in [0.5, 0.6) is 0 Å². The average Bonchev–Trinajstić information content (AvgIpc) is 2.29. The number of benzene rings is 1. The lowest BCUT2D eigenvalue weighted by molar-refractivity contribution is 0.582. The Bertz CT molecular complexity index is 495. The minimum Gasteiger partial charge on any atom is -0.398 e. The summed E-state index contributed by atoms with van der Waals surface area (Å²) in [5.74, 6) is 0. The molecule has 0 radical (unpaired) electrons. The number of hydrogen-bond acceptors (Lipinski definition) is 3. The van der Waals surface area contributed by atoms with Crippen molar-refractivity contribution < 1.29 is 8.42 Å². The zero-order valence-corrected chi connectivity index (χ0v) is 10.8. The molecule has 0 fully saturated rings. The molecule has 17 heavy (non-hydrogen) atoms. The third-order valence-corrected chi connectivity index (χ3v) is 3.91. The number of nitrogen functional groups attached to an aromatic ring is 1. The molecule has 5 heteroatoms. The van der Waals surface area contributed by atoms with Gasteiger partial charge in [-0.3, -0.25) is 0 Å². The summed E-state index contributed by atoms with van der Waals surface area (Å²) in [5, 5.41) is 0. The second-order valence-electron chi connectivity index (χ2n) is 3.69. The van der Waals surface area contributed by atoms with Gasteiger partial charge in [0.2, 0.25) is 10.0 Å². The van der Waals surface area contributed by atoms with Crippen molar-refractivity contribution in [3.05, 3.63) is 36.4 Å². The van der Waals surface area contributed by atoms with Crippen LogP contribution < -0.4 is 10.5 Å². The van der Waals surface area contributed by atoms with E-state index in [-0.39, 0.29) is 4.90 Å². The first-order chi connectivity index (χ1) is 8.01. The first kappa shape index (κ1) is 13.7. The van der Waals surface area contributed by atoms with E-state index in [4.69, 9.17) is 5.73 Å². The number of hydrogen-bond donors (Lipinski definition) is 2. The third-order valence-electron chi connectivity index (χ3n) is 2.45. The maximum absolute atomic E-state index is 11.9. The van der Waals surface area contributed by atoms with Crippen molar-refractivity contribution >= 4 is 15.7 Å². The quantitative estimate of drug-likeness (QED) is 0.461. The van der Waals surface area contributed by atoms with Crippen molar-refractivity contribution in [2.75, 3.05) is 12.3 Å². The van der Waals surface area contributed by atoms with Gasteiger partial charge in [-0.1, -0.05) is 19.1 Å². The van der Waals surface area contributed by atoms with E-state index in [9.17, 15) is 8.42 Å². The van der Waals surface area contributed by atoms with E-state index in [1.54, 1.807) is 18.2 Å². The predicted octanol–water partition coefficient (Wildman–Crippen LogP) is 1.69. The Morgan fingerprint density at radius 1 is 1.47 bits per heavy atom. The molecule has 1 aromatic carbocycles. The van der Waals surface area contributed by atoms with Crippen LogP contribution in [0, 0.1) is 0 Å². The highest BCUT2D eigenvalue weighted by atomic mass is 32.2. The summed E-state index contributed by atoms with van der Waals surface area (Å²) in [7, 11) is -3.46. The Labute approximate surface area is 103 Å². The summed E-state index contributed by atoms with van der Waals surface area (Å²) < 4.78 is 26.2. The highest BCUT2D eigenvalue weighted by molar-refractivity contribution is 7.89. The summed E-state index contributed by atoms with van der Waals surface area (Å²) in [6.45, 7) is 5.86. The van der Waals surface area contributed by atoms with Crippen molar-refractivity contribution in [3.8, 4) is 0 Å². The normalized spacial score (nSPS) is 11.4. The number of rotatable bonds is 6. The summed E-state index contributed by atoms with van der Waals surface area (Å²) in [6, 6.07) is 4.82. The van der Waals surface area contributed by atoms with E-state index in [2.05, 4.69) is 11.3 Å². The Balaban J connectivity index is 2.91. The number of nitrogens with two attached hydrogens (primary N) is 1. The van der Waals surface area contributed by atoms with Gasteiger partial charge >= 0.3 is 0 Å². The van der Waals surface area contributed by atoms with Gasteiger partial charge in [0.15, 0.2) is 0 Å². The van der Waals surface area contributed by atoms with Gasteiger partial charge in [-0.15, -0.1) is 6.58 Å². The molecule has 0 atom stereocenters. The van der Waals surface area contributed by atoms with E-state index in [1.165, 1.54) is 6.07 Å². The average molecular weight is 254 g/mol. The molecule has 0 spiro atoms. The lowest BCUT2D eigenvalue weighted by atomic mass is 10.1. The molecule has 0 saturated carbocycles. The molecule has 1 aromatic rings. The molecule has 94 valence electrons. The van der Waals surface area contributed by atoms with Crippen LogP contribution in [0.3, 0.4) is 0 Å². The summed E-state index contributed by atoms with van der Waals surface area (Å²) in [6.07, 6.45) is 3.05. The maximum Gasteiger partial charge on any atom is 0.240 e. The Hall–Kier alpha value is -1.33. The standard InChI is InChI=1S/C12H18N2O2S/c1-3-5-8-14-17(15,16)11-7-6-10(4-2)12(13)9-11/h3,6-7,9,14H,1,4-5,8,13H2,2H3. The molecule has 0 aromatic heterocycles. The molecular weight excluding hydrogens is 236 g/mol. The van der Waals surface area contributed by atoms with Gasteiger partial charge in [-0.2, -0.15) is 0 Å². The van der Waals surface area contributed by atoms with Crippen LogP contribution in [0.4, 0.5) is 5.69 Å². The van der Waals surface area contributed by atoms with E-state index in [0.29, 0.717) is 18.7 Å². The van der Waals surface area contributed by atoms with E-state index < -0.39 is 10.0 Å². The fourth-order valence-electron chi connectivity index (χ4n) is 1.44. The minimum absolute atomic E-state index is 0.205. The molecule has 0 aliphatic heterocycles. The zero-order chi connectivity index (χ0) is 12.9. The summed E-state index contributed by atoms with van der Waals surface area (Å²) in [5.41, 5.74) is 7.24. The zero-order valence-electron chi connectivity index (χ0n) is 9.94. The van der Waals surface area contributed by atoms with Crippen LogP contribution in [0.1, 0.15) is 18.9 Å². The molecular formula is C12H18N2O2S. The molecule has 0 aliphatic rings. The Morgan fingerprint density at radius 2 is 2.18 bits per heavy atom. The first-order valence-corrected chi connectivity index (χ1v) is 6.98. The van der Waals surface area contributed by atoms with Crippen molar-refractivity contribution in [1.82, 2.24) is 4.72 Å². The Morgan fingerprint density at radius 3 is 2.71 bits per heavy atom. The molecule has 4 nitrogen and oxygen atoms in total. The monoisotopic (exact) mass is 254 g/mol. The lowest BCUT2D eigenvalue weighted by Gasteiger charge is -2.08. The lowest BCUT2D eigenvalue weighted by Crippen LogP contribution is -2.24. The number of nitrogens with one attached hydrogen (secondary N) is 1. The topological polar surface area (TPSA) is 72.2 Å². The molecule has 0 bridgehead atoms. The molecule has 1 rings (SSSR count). The SMILES string of the molecule is C=CCCNS(=O)(=O)c1ccc(CC)c(N)c1. The van der Waals surface area contributed by atoms with Gasteiger partial charge in [-0.05, 0) is 30.5 Å². The number of anilines is 1. The number of sulfonamides is 1. The van der Waals surface area contributed by atoms with Crippen LogP contribution in [-0.2, 0) is 16.4 Å². The maximum atomic E-state index is 11.9. The van der Waals surface area contributed by atoms with E-state index >= 15 is 0 Å². The van der Waals surface area contributed by atoms with Crippen molar-refractivity contribution in [2.24, 2.45) is 0 Å². The van der Waals surface area contributed by atoms with Crippen molar-refractivity contribution in [2.45, 2.75) is 24.7 Å². The van der Waals surface area contributed by atoms with E-state index in [0.717, 1.165) is 12.0 Å². The van der Waals surface area contributed by atoms with E-state index in [1.807, 2.05) is 6.92 Å². The second-order valence-corrected chi connectivity index (χ2v) is 5.46. The van der Waals surface area contributed by atoms with Crippen LogP contribution in [0.15, 0.2) is 35.7 Å². The molecule has 0 heterocycles. The smallest absolute Gasteiger partial charge is 0.240 e. The molecule has 0 aliphatic carbocycles. The fraction of sp³-hybridized carbons (Fsp3) is 0.333. The third kappa shape index (κ3) is 3.57. The second kappa shape index (κ2) is 5.84.